The molecular formula is C23H23ClFN7O. The fourth-order valence-corrected chi connectivity index (χ4v) is 5.35. The number of hydrogen-bond donors (Lipinski definition) is 3. The van der Waals surface area contributed by atoms with Crippen molar-refractivity contribution in [2.45, 2.75) is 39.2 Å². The van der Waals surface area contributed by atoms with Crippen LogP contribution in [0.4, 0.5) is 16.0 Å². The van der Waals surface area contributed by atoms with Crippen molar-refractivity contribution in [3.05, 3.63) is 50.9 Å². The smallest absolute Gasteiger partial charge is 0.253 e. The van der Waals surface area contributed by atoms with E-state index in [1.54, 1.807) is 6.20 Å². The number of aryl methyl sites for hydroxylation is 1. The number of fused-ring (bicyclic) bond motifs is 6. The number of aromatic amines is 1. The molecule has 0 fully saturated rings. The molecule has 8 nitrogen and oxygen atoms in total. The van der Waals surface area contributed by atoms with E-state index in [4.69, 9.17) is 11.6 Å². The van der Waals surface area contributed by atoms with E-state index in [1.165, 1.54) is 0 Å². The van der Waals surface area contributed by atoms with E-state index in [2.05, 4.69) is 42.4 Å². The Labute approximate surface area is 195 Å². The number of nitrogens with one attached hydrogen (secondary N) is 3. The molecule has 0 unspecified atom stereocenters. The summed E-state index contributed by atoms with van der Waals surface area (Å²) in [7, 11) is 0. The van der Waals surface area contributed by atoms with Crippen molar-refractivity contribution >= 4 is 29.1 Å². The van der Waals surface area contributed by atoms with Gasteiger partial charge in [0, 0.05) is 55.5 Å². The van der Waals surface area contributed by atoms with Crippen molar-refractivity contribution in [2.24, 2.45) is 0 Å². The molecule has 0 saturated carbocycles. The van der Waals surface area contributed by atoms with Crippen LogP contribution in [0.15, 0.2) is 6.20 Å². The van der Waals surface area contributed by atoms with E-state index >= 15 is 4.39 Å². The minimum Gasteiger partial charge on any atom is -0.357 e. The second-order valence-corrected chi connectivity index (χ2v) is 9.01. The quantitative estimate of drug-likeness (QED) is 0.512. The number of anilines is 2. The molecule has 0 aromatic carbocycles. The van der Waals surface area contributed by atoms with E-state index in [0.29, 0.717) is 55.0 Å². The van der Waals surface area contributed by atoms with Gasteiger partial charge >= 0.3 is 0 Å². The standard InChI is InChI=1S/C23H23ClFN7O/c1-2-32-8-6-14-13(10-32)20(31-23(24)29-14)30-21-18(25)16-11(9-27-21)3-4-12-17-15(28-19(12)16)5-7-26-22(17)33/h9,28H,2-8,10H2,1H3,(H,26,33)(H,27,29,30,31). The Bertz CT molecular complexity index is 1300. The van der Waals surface area contributed by atoms with E-state index < -0.39 is 5.82 Å². The van der Waals surface area contributed by atoms with E-state index in [1.807, 2.05) is 0 Å². The van der Waals surface area contributed by atoms with Crippen LogP contribution >= 0.6 is 11.6 Å². The number of rotatable bonds is 3. The van der Waals surface area contributed by atoms with Gasteiger partial charge in [0.2, 0.25) is 5.28 Å². The molecule has 0 atom stereocenters. The summed E-state index contributed by atoms with van der Waals surface area (Å²) < 4.78 is 15.9. The summed E-state index contributed by atoms with van der Waals surface area (Å²) in [6.45, 7) is 5.16. The normalized spacial score (nSPS) is 17.0. The van der Waals surface area contributed by atoms with Crippen LogP contribution in [0.2, 0.25) is 5.28 Å². The third-order valence-corrected chi connectivity index (χ3v) is 7.03. The lowest BCUT2D eigenvalue weighted by Gasteiger charge is -2.28. The molecule has 5 heterocycles. The first-order valence-electron chi connectivity index (χ1n) is 11.3. The lowest BCUT2D eigenvalue weighted by Crippen LogP contribution is -2.32. The highest BCUT2D eigenvalue weighted by Gasteiger charge is 2.32. The average Bonchev–Trinajstić information content (AvgIpc) is 3.20. The Kier molecular flexibility index (Phi) is 4.84. The molecule has 33 heavy (non-hydrogen) atoms. The largest absolute Gasteiger partial charge is 0.357 e. The number of halogens is 2. The van der Waals surface area contributed by atoms with Crippen molar-refractivity contribution in [3.8, 4) is 11.3 Å². The number of amides is 1. The van der Waals surface area contributed by atoms with Gasteiger partial charge in [0.25, 0.3) is 5.91 Å². The third kappa shape index (κ3) is 3.29. The number of aromatic nitrogens is 4. The van der Waals surface area contributed by atoms with Crippen molar-refractivity contribution in [2.75, 3.05) is 25.0 Å². The van der Waals surface area contributed by atoms with Gasteiger partial charge in [0.1, 0.15) is 5.82 Å². The van der Waals surface area contributed by atoms with Crippen LogP contribution in [-0.4, -0.2) is 50.4 Å². The second kappa shape index (κ2) is 7.78. The van der Waals surface area contributed by atoms with Gasteiger partial charge in [0.05, 0.1) is 17.0 Å². The summed E-state index contributed by atoms with van der Waals surface area (Å²) in [6.07, 6.45) is 4.49. The first-order valence-corrected chi connectivity index (χ1v) is 11.7. The Morgan fingerprint density at radius 1 is 1.15 bits per heavy atom. The Morgan fingerprint density at radius 3 is 2.88 bits per heavy atom. The lowest BCUT2D eigenvalue weighted by atomic mass is 9.88. The lowest BCUT2D eigenvalue weighted by molar-refractivity contribution is 0.0945. The number of carbonyl (C=O) groups excluding carboxylic acids is 1. The molecule has 3 aromatic rings. The van der Waals surface area contributed by atoms with Gasteiger partial charge in [-0.2, -0.15) is 0 Å². The van der Waals surface area contributed by atoms with Crippen LogP contribution in [0.3, 0.4) is 0 Å². The summed E-state index contributed by atoms with van der Waals surface area (Å²) in [5.74, 6) is 0.0201. The SMILES string of the molecule is CCN1CCc2nc(Cl)nc(Nc3ncc4c(c3F)-c3[nH]c5c(c3CC4)C(=O)NCC5)c2C1. The maximum atomic E-state index is 15.9. The molecule has 6 rings (SSSR count). The number of carbonyl (C=O) groups is 1. The highest BCUT2D eigenvalue weighted by Crippen LogP contribution is 2.40. The predicted octanol–water partition coefficient (Wildman–Crippen LogP) is 3.17. The average molecular weight is 468 g/mol. The van der Waals surface area contributed by atoms with E-state index in [-0.39, 0.29) is 17.0 Å². The first-order chi connectivity index (χ1) is 16.0. The number of likely N-dealkylation sites (N-methyl/N-ethyl adjacent to an activating group) is 1. The van der Waals surface area contributed by atoms with Crippen LogP contribution < -0.4 is 10.6 Å². The molecule has 3 N–H and O–H groups in total. The molecule has 0 bridgehead atoms. The molecule has 10 heteroatoms. The zero-order chi connectivity index (χ0) is 22.7. The van der Waals surface area contributed by atoms with Crippen molar-refractivity contribution in [1.29, 1.82) is 0 Å². The molecule has 0 spiro atoms. The molecule has 1 aliphatic carbocycles. The first kappa shape index (κ1) is 20.6. The van der Waals surface area contributed by atoms with Gasteiger partial charge in [0.15, 0.2) is 11.6 Å². The molecule has 3 aliphatic rings. The number of hydrogen-bond acceptors (Lipinski definition) is 6. The van der Waals surface area contributed by atoms with Crippen LogP contribution in [0.1, 0.15) is 45.4 Å². The third-order valence-electron chi connectivity index (χ3n) is 6.86. The summed E-state index contributed by atoms with van der Waals surface area (Å²) in [6, 6.07) is 0. The van der Waals surface area contributed by atoms with Crippen molar-refractivity contribution in [3.63, 3.8) is 0 Å². The van der Waals surface area contributed by atoms with Gasteiger partial charge in [-0.25, -0.2) is 19.3 Å². The minimum absolute atomic E-state index is 0.0872. The summed E-state index contributed by atoms with van der Waals surface area (Å²) in [5, 5.41) is 6.12. The molecule has 170 valence electrons. The Morgan fingerprint density at radius 2 is 2.03 bits per heavy atom. The van der Waals surface area contributed by atoms with Crippen molar-refractivity contribution in [1.82, 2.24) is 30.2 Å². The molecule has 2 aliphatic heterocycles. The molecular weight excluding hydrogens is 445 g/mol. The second-order valence-electron chi connectivity index (χ2n) is 8.67. The van der Waals surface area contributed by atoms with Gasteiger partial charge in [-0.15, -0.1) is 0 Å². The molecule has 0 saturated heterocycles. The molecule has 0 radical (unpaired) electrons. The summed E-state index contributed by atoms with van der Waals surface area (Å²) in [4.78, 5) is 31.2. The Balaban J connectivity index is 1.43. The topological polar surface area (TPSA) is 98.8 Å². The minimum atomic E-state index is -0.459. The van der Waals surface area contributed by atoms with Crippen LogP contribution in [0.5, 0.6) is 0 Å². The zero-order valence-corrected chi connectivity index (χ0v) is 18.9. The fraction of sp³-hybridized carbons (Fsp3) is 0.391. The molecule has 3 aromatic heterocycles. The van der Waals surface area contributed by atoms with E-state index in [9.17, 15) is 4.79 Å². The van der Waals surface area contributed by atoms with Crippen LogP contribution in [0.25, 0.3) is 11.3 Å². The number of H-pyrrole nitrogens is 1. The highest BCUT2D eigenvalue weighted by atomic mass is 35.5. The highest BCUT2D eigenvalue weighted by molar-refractivity contribution is 6.28. The predicted molar refractivity (Wildman–Crippen MR) is 122 cm³/mol. The van der Waals surface area contributed by atoms with Gasteiger partial charge in [-0.05, 0) is 42.1 Å². The Hall–Kier alpha value is -3.04. The summed E-state index contributed by atoms with van der Waals surface area (Å²) >= 11 is 6.18. The summed E-state index contributed by atoms with van der Waals surface area (Å²) in [5.41, 5.74) is 6.20. The van der Waals surface area contributed by atoms with Gasteiger partial charge < -0.3 is 15.6 Å². The fourth-order valence-electron chi connectivity index (χ4n) is 5.17. The van der Waals surface area contributed by atoms with Gasteiger partial charge in [-0.1, -0.05) is 6.92 Å². The number of nitrogens with zero attached hydrogens (tertiary/aromatic N) is 4. The van der Waals surface area contributed by atoms with Crippen LogP contribution in [-0.2, 0) is 32.2 Å². The maximum Gasteiger partial charge on any atom is 0.253 e. The van der Waals surface area contributed by atoms with Crippen molar-refractivity contribution < 1.29 is 9.18 Å². The molecule has 1 amide bonds. The maximum absolute atomic E-state index is 15.9. The van der Waals surface area contributed by atoms with E-state index in [0.717, 1.165) is 47.6 Å². The number of pyridine rings is 1. The zero-order valence-electron chi connectivity index (χ0n) is 18.2. The van der Waals surface area contributed by atoms with Gasteiger partial charge in [-0.3, -0.25) is 9.69 Å². The van der Waals surface area contributed by atoms with Crippen LogP contribution in [0, 0.1) is 5.82 Å². The monoisotopic (exact) mass is 467 g/mol.